The average Bonchev–Trinajstić information content (AvgIpc) is 3.83. The van der Waals surface area contributed by atoms with Gasteiger partial charge in [0.05, 0.1) is 18.1 Å². The smallest absolute Gasteiger partial charge is 0.264 e. The number of tetrazole rings is 1. The van der Waals surface area contributed by atoms with Crippen LogP contribution >= 0.6 is 0 Å². The van der Waals surface area contributed by atoms with Crippen molar-refractivity contribution in [3.05, 3.63) is 136 Å². The van der Waals surface area contributed by atoms with Crippen molar-refractivity contribution in [3.63, 3.8) is 0 Å². The fourth-order valence-corrected chi connectivity index (χ4v) is 5.81. The van der Waals surface area contributed by atoms with Crippen LogP contribution in [-0.2, 0) is 19.4 Å². The Labute approximate surface area is 288 Å². The van der Waals surface area contributed by atoms with E-state index in [0.29, 0.717) is 53.1 Å². The highest BCUT2D eigenvalue weighted by molar-refractivity contribution is 5.80. The van der Waals surface area contributed by atoms with Crippen LogP contribution in [0.15, 0.2) is 100 Å². The van der Waals surface area contributed by atoms with Gasteiger partial charge in [-0.3, -0.25) is 4.79 Å². The van der Waals surface area contributed by atoms with Gasteiger partial charge in [0.1, 0.15) is 23.9 Å². The molecule has 7 rings (SSSR count). The Morgan fingerprint density at radius 3 is 2.30 bits per heavy atom. The summed E-state index contributed by atoms with van der Waals surface area (Å²) in [7, 11) is 0. The first-order valence-corrected chi connectivity index (χ1v) is 16.5. The van der Waals surface area contributed by atoms with Crippen LogP contribution < -0.4 is 10.3 Å². The summed E-state index contributed by atoms with van der Waals surface area (Å²) in [5.41, 5.74) is 6.68. The molecule has 3 aromatic carbocycles. The monoisotopic (exact) mass is 665 g/mol. The maximum atomic E-state index is 14.2. The molecule has 50 heavy (non-hydrogen) atoms. The number of ether oxygens (including phenoxy) is 1. The van der Waals surface area contributed by atoms with Gasteiger partial charge >= 0.3 is 0 Å². The van der Waals surface area contributed by atoms with Gasteiger partial charge in [-0.1, -0.05) is 80.1 Å². The van der Waals surface area contributed by atoms with E-state index in [4.69, 9.17) is 14.1 Å². The van der Waals surface area contributed by atoms with Gasteiger partial charge in [0, 0.05) is 23.1 Å². The molecule has 0 aliphatic heterocycles. The lowest BCUT2D eigenvalue weighted by Crippen LogP contribution is -2.29. The fraction of sp³-hybridized carbons (Fsp3) is 0.211. The first kappa shape index (κ1) is 32.3. The van der Waals surface area contributed by atoms with E-state index >= 15 is 0 Å². The molecule has 0 unspecified atom stereocenters. The number of hydrogen-bond donors (Lipinski definition) is 1. The van der Waals surface area contributed by atoms with Crippen molar-refractivity contribution in [1.29, 1.82) is 0 Å². The van der Waals surface area contributed by atoms with Crippen molar-refractivity contribution in [2.75, 3.05) is 0 Å². The summed E-state index contributed by atoms with van der Waals surface area (Å²) in [6.45, 7) is 5.97. The van der Waals surface area contributed by atoms with Crippen molar-refractivity contribution in [2.45, 2.75) is 53.1 Å². The Balaban J connectivity index is 1.12. The van der Waals surface area contributed by atoms with Crippen molar-refractivity contribution in [2.24, 2.45) is 0 Å². The molecular formula is C38H35N9O3. The van der Waals surface area contributed by atoms with Gasteiger partial charge in [-0.15, -0.1) is 10.2 Å². The Bertz CT molecular complexity index is 2260. The van der Waals surface area contributed by atoms with E-state index in [1.807, 2.05) is 92.7 Å². The van der Waals surface area contributed by atoms with Crippen LogP contribution in [-0.4, -0.2) is 45.1 Å². The van der Waals surface area contributed by atoms with E-state index in [2.05, 4.69) is 42.5 Å². The molecule has 12 nitrogen and oxygen atoms in total. The van der Waals surface area contributed by atoms with Gasteiger partial charge in [0.2, 0.25) is 17.7 Å². The number of aromatic nitrogens is 9. The zero-order valence-electron chi connectivity index (χ0n) is 28.0. The highest BCUT2D eigenvalue weighted by Gasteiger charge is 2.19. The SMILES string of the molecule is CCCCc1nc(C)n(-c2ncc(OCc3nc(-c4ccccc4)oc3C)cn2)c(=O)c1Cc1ccc(-c2ccccc2-c2nn[nH]n2)cc1. The standard InChI is InChI=1S/C38H35N9O3/c1-4-5-15-33-32(20-26-16-18-27(19-17-26)30-13-9-10-14-31(30)35-43-45-46-44-35)37(48)47(25(3)41-33)38-39-21-29(22-40-38)49-23-34-24(2)50-36(42-34)28-11-7-6-8-12-28/h6-14,16-19,21-22H,4-5,15,20,23H2,1-3H3,(H,43,44,45,46). The molecule has 4 heterocycles. The molecule has 0 saturated carbocycles. The molecule has 0 radical (unpaired) electrons. The molecule has 0 atom stereocenters. The van der Waals surface area contributed by atoms with E-state index in [0.717, 1.165) is 46.4 Å². The number of rotatable bonds is 12. The predicted molar refractivity (Wildman–Crippen MR) is 188 cm³/mol. The maximum Gasteiger partial charge on any atom is 0.264 e. The van der Waals surface area contributed by atoms with Crippen LogP contribution in [0, 0.1) is 13.8 Å². The number of aromatic amines is 1. The molecule has 12 heteroatoms. The second kappa shape index (κ2) is 14.4. The molecular weight excluding hydrogens is 630 g/mol. The summed E-state index contributed by atoms with van der Waals surface area (Å²) in [4.78, 5) is 32.7. The van der Waals surface area contributed by atoms with Crippen LogP contribution in [0.5, 0.6) is 5.75 Å². The predicted octanol–water partition coefficient (Wildman–Crippen LogP) is 6.65. The van der Waals surface area contributed by atoms with Gasteiger partial charge in [0.25, 0.3) is 5.56 Å². The van der Waals surface area contributed by atoms with Gasteiger partial charge in [-0.05, 0) is 60.7 Å². The van der Waals surface area contributed by atoms with Crippen molar-refractivity contribution < 1.29 is 9.15 Å². The fourth-order valence-electron chi connectivity index (χ4n) is 5.81. The lowest BCUT2D eigenvalue weighted by Gasteiger charge is -2.15. The number of oxazole rings is 1. The summed E-state index contributed by atoms with van der Waals surface area (Å²) in [6.07, 6.45) is 6.15. The Morgan fingerprint density at radius 1 is 0.840 bits per heavy atom. The van der Waals surface area contributed by atoms with E-state index in [1.54, 1.807) is 12.4 Å². The topological polar surface area (TPSA) is 150 Å². The summed E-state index contributed by atoms with van der Waals surface area (Å²) < 4.78 is 13.3. The van der Waals surface area contributed by atoms with E-state index in [9.17, 15) is 4.79 Å². The van der Waals surface area contributed by atoms with Crippen LogP contribution in [0.25, 0.3) is 39.9 Å². The molecule has 4 aromatic heterocycles. The molecule has 0 saturated heterocycles. The summed E-state index contributed by atoms with van der Waals surface area (Å²) in [5, 5.41) is 14.5. The van der Waals surface area contributed by atoms with Gasteiger partial charge in [-0.2, -0.15) is 5.21 Å². The zero-order chi connectivity index (χ0) is 34.5. The van der Waals surface area contributed by atoms with Crippen LogP contribution in [0.2, 0.25) is 0 Å². The highest BCUT2D eigenvalue weighted by Crippen LogP contribution is 2.30. The lowest BCUT2D eigenvalue weighted by atomic mass is 9.96. The number of unbranched alkanes of at least 4 members (excludes halogenated alkanes) is 1. The minimum Gasteiger partial charge on any atom is -0.484 e. The number of aryl methyl sites for hydroxylation is 3. The Hall–Kier alpha value is -6.30. The third-order valence-electron chi connectivity index (χ3n) is 8.46. The number of H-pyrrole nitrogens is 1. The minimum absolute atomic E-state index is 0.184. The number of hydrogen-bond acceptors (Lipinski definition) is 10. The molecule has 7 aromatic rings. The molecule has 0 aliphatic rings. The molecule has 0 spiro atoms. The Morgan fingerprint density at radius 2 is 1.58 bits per heavy atom. The zero-order valence-corrected chi connectivity index (χ0v) is 28.0. The summed E-state index contributed by atoms with van der Waals surface area (Å²) >= 11 is 0. The molecule has 1 N–H and O–H groups in total. The summed E-state index contributed by atoms with van der Waals surface area (Å²) in [6, 6.07) is 25.8. The van der Waals surface area contributed by atoms with Gasteiger partial charge in [0.15, 0.2) is 5.75 Å². The highest BCUT2D eigenvalue weighted by atomic mass is 16.5. The van der Waals surface area contributed by atoms with Crippen LogP contribution in [0.3, 0.4) is 0 Å². The molecule has 0 bridgehead atoms. The average molecular weight is 666 g/mol. The van der Waals surface area contributed by atoms with Crippen LogP contribution in [0.4, 0.5) is 0 Å². The molecule has 0 aliphatic carbocycles. The second-order valence-corrected chi connectivity index (χ2v) is 11.9. The van der Waals surface area contributed by atoms with Crippen molar-refractivity contribution in [1.82, 2.24) is 45.1 Å². The van der Waals surface area contributed by atoms with Crippen molar-refractivity contribution >= 4 is 0 Å². The Kier molecular flexibility index (Phi) is 9.32. The largest absolute Gasteiger partial charge is 0.484 e. The van der Waals surface area contributed by atoms with E-state index < -0.39 is 0 Å². The molecule has 0 fully saturated rings. The quantitative estimate of drug-likeness (QED) is 0.150. The van der Waals surface area contributed by atoms with Gasteiger partial charge in [-0.25, -0.2) is 24.5 Å². The van der Waals surface area contributed by atoms with Crippen molar-refractivity contribution in [3.8, 4) is 45.7 Å². The maximum absolute atomic E-state index is 14.2. The minimum atomic E-state index is -0.185. The van der Waals surface area contributed by atoms with E-state index in [-0.39, 0.29) is 18.1 Å². The number of benzene rings is 3. The third kappa shape index (κ3) is 6.81. The molecule has 0 amide bonds. The first-order chi connectivity index (χ1) is 24.5. The lowest BCUT2D eigenvalue weighted by molar-refractivity contribution is 0.297. The summed E-state index contributed by atoms with van der Waals surface area (Å²) in [5.74, 6) is 2.94. The first-order valence-electron chi connectivity index (χ1n) is 16.5. The second-order valence-electron chi connectivity index (χ2n) is 11.9. The normalized spacial score (nSPS) is 11.2. The number of nitrogens with one attached hydrogen (secondary N) is 1. The third-order valence-corrected chi connectivity index (χ3v) is 8.46. The number of nitrogens with zero attached hydrogens (tertiary/aromatic N) is 8. The van der Waals surface area contributed by atoms with Crippen LogP contribution in [0.1, 0.15) is 53.9 Å². The van der Waals surface area contributed by atoms with E-state index in [1.165, 1.54) is 4.57 Å². The molecule has 250 valence electrons. The van der Waals surface area contributed by atoms with Gasteiger partial charge < -0.3 is 9.15 Å².